The summed E-state index contributed by atoms with van der Waals surface area (Å²) in [6, 6.07) is 4.79. The Balaban J connectivity index is 2.43. The molecule has 0 radical (unpaired) electrons. The number of aromatic amines is 2. The van der Waals surface area contributed by atoms with Crippen molar-refractivity contribution in [2.45, 2.75) is 19.9 Å². The predicted octanol–water partition coefficient (Wildman–Crippen LogP) is 1.06. The van der Waals surface area contributed by atoms with Gasteiger partial charge in [-0.15, -0.1) is 0 Å². The average molecular weight is 263 g/mol. The van der Waals surface area contributed by atoms with Crippen molar-refractivity contribution in [3.63, 3.8) is 0 Å². The van der Waals surface area contributed by atoms with Crippen LogP contribution in [0.4, 0.5) is 0 Å². The molecule has 4 N–H and O–H groups in total. The van der Waals surface area contributed by atoms with Crippen LogP contribution in [0.5, 0.6) is 0 Å². The molecule has 1 heterocycles. The van der Waals surface area contributed by atoms with Crippen LogP contribution < -0.4 is 11.4 Å². The molecule has 0 aliphatic carbocycles. The lowest BCUT2D eigenvalue weighted by Crippen LogP contribution is -2.37. The topological polar surface area (TPSA) is 101 Å². The first kappa shape index (κ1) is 13.4. The number of ether oxygens (including phenoxy) is 1. The van der Waals surface area contributed by atoms with Crippen LogP contribution >= 0.6 is 0 Å². The maximum atomic E-state index is 11.7. The maximum Gasteiger partial charge on any atom is 0.323 e. The maximum absolute atomic E-state index is 11.7. The Hall–Kier alpha value is -2.08. The lowest BCUT2D eigenvalue weighted by atomic mass is 9.81. The lowest BCUT2D eigenvalue weighted by molar-refractivity contribution is -0.152. The van der Waals surface area contributed by atoms with Crippen molar-refractivity contribution in [3.05, 3.63) is 34.2 Å². The third-order valence-electron chi connectivity index (χ3n) is 3.39. The van der Waals surface area contributed by atoms with Gasteiger partial charge in [0.1, 0.15) is 0 Å². The van der Waals surface area contributed by atoms with Crippen molar-refractivity contribution in [1.29, 1.82) is 0 Å². The van der Waals surface area contributed by atoms with E-state index in [2.05, 4.69) is 9.97 Å². The first-order chi connectivity index (χ1) is 8.86. The lowest BCUT2D eigenvalue weighted by Gasteiger charge is -2.28. The fourth-order valence-electron chi connectivity index (χ4n) is 2.05. The Bertz CT molecular complexity index is 669. The monoisotopic (exact) mass is 263 g/mol. The van der Waals surface area contributed by atoms with Gasteiger partial charge in [-0.3, -0.25) is 4.79 Å². The van der Waals surface area contributed by atoms with Gasteiger partial charge in [-0.25, -0.2) is 4.79 Å². The number of fused-ring (bicyclic) bond motifs is 1. The number of methoxy groups -OCH3 is 1. The van der Waals surface area contributed by atoms with E-state index in [0.29, 0.717) is 11.0 Å². The van der Waals surface area contributed by atoms with E-state index in [0.717, 1.165) is 5.56 Å². The number of benzene rings is 1. The summed E-state index contributed by atoms with van der Waals surface area (Å²) < 4.78 is 4.77. The van der Waals surface area contributed by atoms with Gasteiger partial charge < -0.3 is 20.4 Å². The molecule has 1 aromatic heterocycles. The minimum atomic E-state index is -0.848. The Labute approximate surface area is 110 Å². The second kappa shape index (κ2) is 4.55. The standard InChI is InChI=1S/C13H17N3O3/c1-13(2,11(17)19-3)10(14)7-4-5-8-9(6-7)16-12(18)15-8/h4-6,10H,14H2,1-3H3,(H2,15,16,18). The highest BCUT2D eigenvalue weighted by molar-refractivity contribution is 5.78. The Morgan fingerprint density at radius 2 is 1.95 bits per heavy atom. The largest absolute Gasteiger partial charge is 0.469 e. The molecule has 0 amide bonds. The smallest absolute Gasteiger partial charge is 0.323 e. The predicted molar refractivity (Wildman–Crippen MR) is 71.6 cm³/mol. The van der Waals surface area contributed by atoms with Crippen molar-refractivity contribution < 1.29 is 9.53 Å². The first-order valence-corrected chi connectivity index (χ1v) is 5.92. The number of carbonyl (C=O) groups excluding carboxylic acids is 1. The van der Waals surface area contributed by atoms with Gasteiger partial charge in [0, 0.05) is 6.04 Å². The number of hydrogen-bond acceptors (Lipinski definition) is 4. The van der Waals surface area contributed by atoms with Crippen LogP contribution in [0, 0.1) is 5.41 Å². The van der Waals surface area contributed by atoms with Gasteiger partial charge in [0.2, 0.25) is 0 Å². The molecule has 6 heteroatoms. The molecule has 0 aliphatic rings. The fourth-order valence-corrected chi connectivity index (χ4v) is 2.05. The van der Waals surface area contributed by atoms with Crippen LogP contribution in [0.15, 0.2) is 23.0 Å². The van der Waals surface area contributed by atoms with E-state index in [4.69, 9.17) is 10.5 Å². The molecule has 102 valence electrons. The molecule has 6 nitrogen and oxygen atoms in total. The van der Waals surface area contributed by atoms with Crippen molar-refractivity contribution in [2.75, 3.05) is 7.11 Å². The molecule has 2 aromatic rings. The van der Waals surface area contributed by atoms with Crippen molar-refractivity contribution in [3.8, 4) is 0 Å². The molecule has 0 aliphatic heterocycles. The minimum Gasteiger partial charge on any atom is -0.469 e. The Kier molecular flexibility index (Phi) is 3.20. The number of nitrogens with one attached hydrogen (secondary N) is 2. The average Bonchev–Trinajstić information content (AvgIpc) is 2.75. The second-order valence-corrected chi connectivity index (χ2v) is 5.08. The van der Waals surface area contributed by atoms with Gasteiger partial charge in [0.25, 0.3) is 0 Å². The second-order valence-electron chi connectivity index (χ2n) is 5.08. The Morgan fingerprint density at radius 3 is 2.58 bits per heavy atom. The summed E-state index contributed by atoms with van der Waals surface area (Å²) in [6.45, 7) is 3.46. The molecular weight excluding hydrogens is 246 g/mol. The van der Waals surface area contributed by atoms with E-state index in [1.165, 1.54) is 7.11 Å². The molecule has 0 spiro atoms. The van der Waals surface area contributed by atoms with Gasteiger partial charge in [0.15, 0.2) is 0 Å². The molecule has 0 saturated heterocycles. The van der Waals surface area contributed by atoms with E-state index < -0.39 is 11.5 Å². The zero-order valence-corrected chi connectivity index (χ0v) is 11.1. The fraction of sp³-hybridized carbons (Fsp3) is 0.385. The van der Waals surface area contributed by atoms with Crippen LogP contribution in [0.1, 0.15) is 25.5 Å². The van der Waals surface area contributed by atoms with Crippen LogP contribution in [0.2, 0.25) is 0 Å². The van der Waals surface area contributed by atoms with Crippen molar-refractivity contribution in [2.24, 2.45) is 11.1 Å². The highest BCUT2D eigenvalue weighted by Gasteiger charge is 2.36. The molecule has 1 unspecified atom stereocenters. The number of imidazole rings is 1. The van der Waals surface area contributed by atoms with E-state index >= 15 is 0 Å². The zero-order valence-electron chi connectivity index (χ0n) is 11.1. The van der Waals surface area contributed by atoms with E-state index in [9.17, 15) is 9.59 Å². The number of aromatic nitrogens is 2. The van der Waals surface area contributed by atoms with Crippen LogP contribution in [0.25, 0.3) is 11.0 Å². The van der Waals surface area contributed by atoms with Gasteiger partial charge in [-0.1, -0.05) is 6.07 Å². The summed E-state index contributed by atoms with van der Waals surface area (Å²) in [5, 5.41) is 0. The van der Waals surface area contributed by atoms with E-state index in [1.54, 1.807) is 32.0 Å². The normalized spacial score (nSPS) is 13.5. The Morgan fingerprint density at radius 1 is 1.32 bits per heavy atom. The highest BCUT2D eigenvalue weighted by Crippen LogP contribution is 2.33. The molecule has 19 heavy (non-hydrogen) atoms. The molecular formula is C13H17N3O3. The molecule has 0 saturated carbocycles. The number of esters is 1. The quantitative estimate of drug-likeness (QED) is 0.720. The number of carbonyl (C=O) groups is 1. The van der Waals surface area contributed by atoms with Crippen molar-refractivity contribution in [1.82, 2.24) is 9.97 Å². The number of hydrogen-bond donors (Lipinski definition) is 3. The summed E-state index contributed by atoms with van der Waals surface area (Å²) >= 11 is 0. The third-order valence-corrected chi connectivity index (χ3v) is 3.39. The number of rotatable bonds is 3. The first-order valence-electron chi connectivity index (χ1n) is 5.92. The SMILES string of the molecule is COC(=O)C(C)(C)C(N)c1ccc2[nH]c(=O)[nH]c2c1. The summed E-state index contributed by atoms with van der Waals surface area (Å²) in [4.78, 5) is 28.3. The molecule has 1 atom stereocenters. The van der Waals surface area contributed by atoms with Gasteiger partial charge in [-0.2, -0.15) is 0 Å². The zero-order chi connectivity index (χ0) is 14.2. The third kappa shape index (κ3) is 2.26. The summed E-state index contributed by atoms with van der Waals surface area (Å²) in [6.07, 6.45) is 0. The molecule has 2 rings (SSSR count). The van der Waals surface area contributed by atoms with Gasteiger partial charge >= 0.3 is 11.7 Å². The minimum absolute atomic E-state index is 0.270. The van der Waals surface area contributed by atoms with Crippen LogP contribution in [-0.4, -0.2) is 23.0 Å². The molecule has 0 fully saturated rings. The summed E-state index contributed by atoms with van der Waals surface area (Å²) in [7, 11) is 1.34. The summed E-state index contributed by atoms with van der Waals surface area (Å²) in [5.41, 5.74) is 7.16. The van der Waals surface area contributed by atoms with Crippen LogP contribution in [-0.2, 0) is 9.53 Å². The van der Waals surface area contributed by atoms with E-state index in [1.807, 2.05) is 0 Å². The summed E-state index contributed by atoms with van der Waals surface area (Å²) in [5.74, 6) is -0.373. The van der Waals surface area contributed by atoms with Gasteiger partial charge in [-0.05, 0) is 31.5 Å². The molecule has 1 aromatic carbocycles. The molecule has 0 bridgehead atoms. The number of H-pyrrole nitrogens is 2. The van der Waals surface area contributed by atoms with Crippen molar-refractivity contribution >= 4 is 17.0 Å². The van der Waals surface area contributed by atoms with Gasteiger partial charge in [0.05, 0.1) is 23.6 Å². The number of nitrogens with two attached hydrogens (primary N) is 1. The highest BCUT2D eigenvalue weighted by atomic mass is 16.5. The van der Waals surface area contributed by atoms with E-state index in [-0.39, 0.29) is 11.7 Å². The van der Waals surface area contributed by atoms with Crippen LogP contribution in [0.3, 0.4) is 0 Å².